The molecule has 1 aliphatic heterocycles. The molecule has 1 aliphatic rings. The monoisotopic (exact) mass is 286 g/mol. The molecule has 0 spiro atoms. The highest BCUT2D eigenvalue weighted by molar-refractivity contribution is 5.94. The molecule has 0 bridgehead atoms. The number of rotatable bonds is 1. The van der Waals surface area contributed by atoms with Crippen molar-refractivity contribution in [3.8, 4) is 0 Å². The largest absolute Gasteiger partial charge is 0.433 e. The minimum atomic E-state index is -4.48. The van der Waals surface area contributed by atoms with Gasteiger partial charge in [-0.25, -0.2) is 0 Å². The molecule has 2 atom stereocenters. The zero-order valence-electron chi connectivity index (χ0n) is 11.4. The molecule has 0 N–H and O–H groups in total. The van der Waals surface area contributed by atoms with Gasteiger partial charge in [-0.05, 0) is 30.4 Å². The summed E-state index contributed by atoms with van der Waals surface area (Å²) in [5.74, 6) is 0.569. The third-order valence-corrected chi connectivity index (χ3v) is 3.46. The third-order valence-electron chi connectivity index (χ3n) is 3.46. The quantitative estimate of drug-likeness (QED) is 0.794. The van der Waals surface area contributed by atoms with Crippen molar-refractivity contribution in [2.75, 3.05) is 13.1 Å². The van der Waals surface area contributed by atoms with Crippen molar-refractivity contribution in [3.05, 3.63) is 29.6 Å². The van der Waals surface area contributed by atoms with Crippen LogP contribution in [0.1, 0.15) is 36.3 Å². The van der Waals surface area contributed by atoms with E-state index in [1.54, 1.807) is 4.90 Å². The molecule has 3 nitrogen and oxygen atoms in total. The van der Waals surface area contributed by atoms with Gasteiger partial charge in [0.05, 0.1) is 5.56 Å². The minimum absolute atomic E-state index is 0.208. The van der Waals surface area contributed by atoms with Crippen LogP contribution in [-0.4, -0.2) is 28.9 Å². The number of hydrogen-bond acceptors (Lipinski definition) is 2. The van der Waals surface area contributed by atoms with Gasteiger partial charge in [0.1, 0.15) is 5.69 Å². The maximum Gasteiger partial charge on any atom is 0.433 e. The summed E-state index contributed by atoms with van der Waals surface area (Å²) in [6.07, 6.45) is -2.40. The number of carbonyl (C=O) groups excluding carboxylic acids is 1. The summed E-state index contributed by atoms with van der Waals surface area (Å²) < 4.78 is 37.3. The van der Waals surface area contributed by atoms with Crippen molar-refractivity contribution >= 4 is 5.91 Å². The van der Waals surface area contributed by atoms with Gasteiger partial charge in [-0.1, -0.05) is 13.8 Å². The van der Waals surface area contributed by atoms with E-state index in [4.69, 9.17) is 0 Å². The van der Waals surface area contributed by atoms with Gasteiger partial charge in [0.25, 0.3) is 5.91 Å². The lowest BCUT2D eigenvalue weighted by Crippen LogP contribution is -2.42. The zero-order valence-corrected chi connectivity index (χ0v) is 11.4. The Hall–Kier alpha value is -1.59. The minimum Gasteiger partial charge on any atom is -0.338 e. The highest BCUT2D eigenvalue weighted by Crippen LogP contribution is 2.28. The van der Waals surface area contributed by atoms with Crippen molar-refractivity contribution in [2.24, 2.45) is 11.8 Å². The molecular weight excluding hydrogens is 269 g/mol. The summed E-state index contributed by atoms with van der Waals surface area (Å²) in [4.78, 5) is 17.3. The number of hydrogen-bond donors (Lipinski definition) is 0. The number of likely N-dealkylation sites (tertiary alicyclic amines) is 1. The Morgan fingerprint density at radius 2 is 1.85 bits per heavy atom. The molecule has 0 unspecified atom stereocenters. The normalized spacial score (nSPS) is 23.8. The predicted octanol–water partition coefficient (Wildman–Crippen LogP) is 3.22. The van der Waals surface area contributed by atoms with Crippen molar-refractivity contribution in [1.29, 1.82) is 0 Å². The van der Waals surface area contributed by atoms with E-state index in [-0.39, 0.29) is 11.5 Å². The Labute approximate surface area is 115 Å². The molecule has 0 saturated carbocycles. The first-order valence-electron chi connectivity index (χ1n) is 6.60. The van der Waals surface area contributed by atoms with Crippen LogP contribution in [0.5, 0.6) is 0 Å². The summed E-state index contributed by atoms with van der Waals surface area (Å²) in [6, 6.07) is 2.05. The second kappa shape index (κ2) is 5.42. The lowest BCUT2D eigenvalue weighted by atomic mass is 9.91. The van der Waals surface area contributed by atoms with Gasteiger partial charge in [0.2, 0.25) is 0 Å². The predicted molar refractivity (Wildman–Crippen MR) is 68.1 cm³/mol. The molecule has 2 rings (SSSR count). The number of pyridine rings is 1. The fourth-order valence-corrected chi connectivity index (χ4v) is 2.70. The van der Waals surface area contributed by atoms with Gasteiger partial charge in [-0.15, -0.1) is 0 Å². The van der Waals surface area contributed by atoms with E-state index >= 15 is 0 Å². The summed E-state index contributed by atoms with van der Waals surface area (Å²) in [5, 5.41) is 0. The van der Waals surface area contributed by atoms with Gasteiger partial charge < -0.3 is 4.90 Å². The van der Waals surface area contributed by atoms with Crippen LogP contribution in [-0.2, 0) is 6.18 Å². The molecule has 110 valence electrons. The van der Waals surface area contributed by atoms with Crippen LogP contribution in [0.15, 0.2) is 18.3 Å². The molecular formula is C14H17F3N2O. The standard InChI is InChI=1S/C14H17F3N2O/c1-9-5-10(2)8-19(7-9)13(20)11-3-4-12(18-6-11)14(15,16)17/h3-4,6,9-10H,5,7-8H2,1-2H3/t9-,10+. The van der Waals surface area contributed by atoms with Crippen LogP contribution in [0.25, 0.3) is 0 Å². The molecule has 20 heavy (non-hydrogen) atoms. The van der Waals surface area contributed by atoms with E-state index in [9.17, 15) is 18.0 Å². The van der Waals surface area contributed by atoms with Crippen molar-refractivity contribution in [3.63, 3.8) is 0 Å². The van der Waals surface area contributed by atoms with Crippen LogP contribution in [0.3, 0.4) is 0 Å². The van der Waals surface area contributed by atoms with Gasteiger partial charge >= 0.3 is 6.18 Å². The van der Waals surface area contributed by atoms with E-state index < -0.39 is 11.9 Å². The number of carbonyl (C=O) groups is 1. The van der Waals surface area contributed by atoms with Crippen LogP contribution in [0.4, 0.5) is 13.2 Å². The van der Waals surface area contributed by atoms with Crippen LogP contribution in [0, 0.1) is 11.8 Å². The van der Waals surface area contributed by atoms with Crippen LogP contribution >= 0.6 is 0 Å². The molecule has 1 amide bonds. The second-order valence-corrected chi connectivity index (χ2v) is 5.59. The molecule has 1 saturated heterocycles. The van der Waals surface area contributed by atoms with Gasteiger partial charge in [0, 0.05) is 19.3 Å². The number of alkyl halides is 3. The average Bonchev–Trinajstić information content (AvgIpc) is 2.36. The van der Waals surface area contributed by atoms with Crippen molar-refractivity contribution in [2.45, 2.75) is 26.4 Å². The first-order valence-corrected chi connectivity index (χ1v) is 6.60. The Balaban J connectivity index is 2.13. The number of amides is 1. The fourth-order valence-electron chi connectivity index (χ4n) is 2.70. The van der Waals surface area contributed by atoms with Crippen LogP contribution in [0.2, 0.25) is 0 Å². The van der Waals surface area contributed by atoms with E-state index in [2.05, 4.69) is 18.8 Å². The first kappa shape index (κ1) is 14.8. The molecule has 2 heterocycles. The Morgan fingerprint density at radius 3 is 2.30 bits per heavy atom. The van der Waals surface area contributed by atoms with E-state index in [0.29, 0.717) is 24.9 Å². The highest BCUT2D eigenvalue weighted by Gasteiger charge is 2.33. The number of halogens is 3. The fraction of sp³-hybridized carbons (Fsp3) is 0.571. The summed E-state index contributed by atoms with van der Waals surface area (Å²) >= 11 is 0. The molecule has 6 heteroatoms. The lowest BCUT2D eigenvalue weighted by molar-refractivity contribution is -0.141. The summed E-state index contributed by atoms with van der Waals surface area (Å²) in [6.45, 7) is 5.43. The number of aromatic nitrogens is 1. The number of nitrogens with zero attached hydrogens (tertiary/aromatic N) is 2. The van der Waals surface area contributed by atoms with E-state index in [1.165, 1.54) is 6.07 Å². The molecule has 0 aromatic carbocycles. The highest BCUT2D eigenvalue weighted by atomic mass is 19.4. The Kier molecular flexibility index (Phi) is 4.01. The molecule has 0 aliphatic carbocycles. The lowest BCUT2D eigenvalue weighted by Gasteiger charge is -2.35. The summed E-state index contributed by atoms with van der Waals surface area (Å²) in [5.41, 5.74) is -0.770. The smallest absolute Gasteiger partial charge is 0.338 e. The van der Waals surface area contributed by atoms with Crippen molar-refractivity contribution in [1.82, 2.24) is 9.88 Å². The molecule has 0 radical (unpaired) electrons. The van der Waals surface area contributed by atoms with E-state index in [0.717, 1.165) is 18.7 Å². The maximum absolute atomic E-state index is 12.4. The van der Waals surface area contributed by atoms with Gasteiger partial charge in [0.15, 0.2) is 0 Å². The van der Waals surface area contributed by atoms with Crippen LogP contribution < -0.4 is 0 Å². The number of piperidine rings is 1. The molecule has 1 aromatic rings. The second-order valence-electron chi connectivity index (χ2n) is 5.59. The third kappa shape index (κ3) is 3.29. The summed E-state index contributed by atoms with van der Waals surface area (Å²) in [7, 11) is 0. The topological polar surface area (TPSA) is 33.2 Å². The average molecular weight is 286 g/mol. The maximum atomic E-state index is 12.4. The first-order chi connectivity index (χ1) is 9.27. The Bertz CT molecular complexity index is 474. The van der Waals surface area contributed by atoms with Gasteiger partial charge in [-0.3, -0.25) is 9.78 Å². The van der Waals surface area contributed by atoms with Gasteiger partial charge in [-0.2, -0.15) is 13.2 Å². The van der Waals surface area contributed by atoms with Crippen molar-refractivity contribution < 1.29 is 18.0 Å². The zero-order chi connectivity index (χ0) is 14.9. The SMILES string of the molecule is C[C@@H]1C[C@H](C)CN(C(=O)c2ccc(C(F)(F)F)nc2)C1. The van der Waals surface area contributed by atoms with E-state index in [1.807, 2.05) is 0 Å². The molecule has 1 fully saturated rings. The Morgan fingerprint density at radius 1 is 1.25 bits per heavy atom. The molecule has 1 aromatic heterocycles.